The third-order valence-electron chi connectivity index (χ3n) is 4.92. The number of hydrogen-bond acceptors (Lipinski definition) is 7. The highest BCUT2D eigenvalue weighted by Crippen LogP contribution is 2.30. The minimum absolute atomic E-state index is 0.126. The number of nitrogens with one attached hydrogen (secondary N) is 2. The molecular formula is C22H25BN5O4S. The van der Waals surface area contributed by atoms with E-state index in [-0.39, 0.29) is 18.4 Å². The molecule has 0 saturated heterocycles. The molecule has 2 amide bonds. The van der Waals surface area contributed by atoms with Crippen LogP contribution in [0.3, 0.4) is 0 Å². The van der Waals surface area contributed by atoms with Gasteiger partial charge in [-0.3, -0.25) is 9.59 Å². The minimum atomic E-state index is -0.326. The molecule has 1 radical (unpaired) electrons. The van der Waals surface area contributed by atoms with Crippen LogP contribution in [-0.2, 0) is 4.79 Å². The van der Waals surface area contributed by atoms with Crippen LogP contribution >= 0.6 is 11.3 Å². The summed E-state index contributed by atoms with van der Waals surface area (Å²) in [5.41, 5.74) is 2.21. The maximum atomic E-state index is 12.2. The second-order valence-electron chi connectivity index (χ2n) is 7.26. The van der Waals surface area contributed by atoms with Crippen molar-refractivity contribution in [3.05, 3.63) is 58.6 Å². The van der Waals surface area contributed by atoms with Crippen molar-refractivity contribution >= 4 is 35.7 Å². The Morgan fingerprint density at radius 3 is 2.79 bits per heavy atom. The van der Waals surface area contributed by atoms with E-state index in [0.717, 1.165) is 29.8 Å². The Bertz CT molecular complexity index is 1100. The quantitative estimate of drug-likeness (QED) is 0.387. The lowest BCUT2D eigenvalue weighted by Gasteiger charge is -2.26. The van der Waals surface area contributed by atoms with Crippen molar-refractivity contribution in [3.63, 3.8) is 0 Å². The number of carbonyl (C=O) groups is 2. The van der Waals surface area contributed by atoms with Crippen molar-refractivity contribution in [2.45, 2.75) is 32.2 Å². The van der Waals surface area contributed by atoms with Crippen LogP contribution in [0.4, 0.5) is 5.13 Å². The van der Waals surface area contributed by atoms with Crippen LogP contribution in [0.1, 0.15) is 29.6 Å². The van der Waals surface area contributed by atoms with Gasteiger partial charge in [-0.25, -0.2) is 4.98 Å². The lowest BCUT2D eigenvalue weighted by atomic mass is 9.96. The molecule has 0 bridgehead atoms. The third kappa shape index (κ3) is 7.01. The second-order valence-corrected chi connectivity index (χ2v) is 8.11. The highest BCUT2D eigenvalue weighted by molar-refractivity contribution is 7.14. The van der Waals surface area contributed by atoms with E-state index < -0.39 is 0 Å². The SMILES string of the molecule is CN=O.C[B]n1ccc(C(=O)NCC(=O)Nc2nc(-c3cccc(OC4CCC4)c3)cs2)c1. The zero-order chi connectivity index (χ0) is 23.6. The van der Waals surface area contributed by atoms with Crippen LogP contribution in [0, 0.1) is 4.91 Å². The van der Waals surface area contributed by atoms with Crippen molar-refractivity contribution < 1.29 is 14.3 Å². The number of ether oxygens (including phenoxy) is 1. The number of carbonyl (C=O) groups excluding carboxylic acids is 2. The first-order valence-corrected chi connectivity index (χ1v) is 11.4. The van der Waals surface area contributed by atoms with Gasteiger partial charge in [-0.1, -0.05) is 24.1 Å². The van der Waals surface area contributed by atoms with Crippen LogP contribution in [0.2, 0.25) is 6.82 Å². The molecule has 1 aliphatic rings. The van der Waals surface area contributed by atoms with Gasteiger partial charge in [0.25, 0.3) is 5.91 Å². The predicted molar refractivity (Wildman–Crippen MR) is 130 cm³/mol. The molecule has 9 nitrogen and oxygen atoms in total. The molecular weight excluding hydrogens is 441 g/mol. The summed E-state index contributed by atoms with van der Waals surface area (Å²) >= 11 is 1.34. The third-order valence-corrected chi connectivity index (χ3v) is 5.68. The van der Waals surface area contributed by atoms with Gasteiger partial charge in [-0.15, -0.1) is 11.3 Å². The Morgan fingerprint density at radius 1 is 1.33 bits per heavy atom. The molecule has 1 saturated carbocycles. The Kier molecular flexibility index (Phi) is 8.76. The number of benzene rings is 1. The molecule has 33 heavy (non-hydrogen) atoms. The Balaban J connectivity index is 0.000000968. The fourth-order valence-electron chi connectivity index (χ4n) is 3.01. The van der Waals surface area contributed by atoms with E-state index in [9.17, 15) is 9.59 Å². The molecule has 0 aliphatic heterocycles. The number of amides is 2. The first-order valence-electron chi connectivity index (χ1n) is 10.5. The van der Waals surface area contributed by atoms with E-state index in [1.165, 1.54) is 24.8 Å². The van der Waals surface area contributed by atoms with E-state index >= 15 is 0 Å². The highest BCUT2D eigenvalue weighted by atomic mass is 32.1. The summed E-state index contributed by atoms with van der Waals surface area (Å²) in [5, 5.41) is 9.97. The summed E-state index contributed by atoms with van der Waals surface area (Å²) in [6.45, 7) is 1.74. The minimum Gasteiger partial charge on any atom is -0.490 e. The zero-order valence-corrected chi connectivity index (χ0v) is 19.3. The smallest absolute Gasteiger partial charge is 0.253 e. The lowest BCUT2D eigenvalue weighted by Crippen LogP contribution is -2.32. The van der Waals surface area contributed by atoms with Gasteiger partial charge in [0.1, 0.15) is 5.75 Å². The number of rotatable bonds is 8. The van der Waals surface area contributed by atoms with Crippen molar-refractivity contribution in [2.75, 3.05) is 18.9 Å². The van der Waals surface area contributed by atoms with Gasteiger partial charge in [0.05, 0.1) is 31.0 Å². The zero-order valence-electron chi connectivity index (χ0n) is 18.5. The molecule has 3 aromatic rings. The molecule has 1 aromatic carbocycles. The molecule has 11 heteroatoms. The summed E-state index contributed by atoms with van der Waals surface area (Å²) in [7, 11) is 3.03. The fourth-order valence-corrected chi connectivity index (χ4v) is 3.74. The van der Waals surface area contributed by atoms with Crippen molar-refractivity contribution in [3.8, 4) is 17.0 Å². The van der Waals surface area contributed by atoms with E-state index in [4.69, 9.17) is 9.64 Å². The van der Waals surface area contributed by atoms with Crippen molar-refractivity contribution in [1.29, 1.82) is 0 Å². The molecule has 2 aromatic heterocycles. The summed E-state index contributed by atoms with van der Waals surface area (Å²) in [4.78, 5) is 37.3. The van der Waals surface area contributed by atoms with Crippen LogP contribution in [0.15, 0.2) is 53.3 Å². The second kappa shape index (κ2) is 12.0. The molecule has 0 spiro atoms. The molecule has 0 atom stereocenters. The monoisotopic (exact) mass is 466 g/mol. The van der Waals surface area contributed by atoms with Crippen molar-refractivity contribution in [2.24, 2.45) is 5.18 Å². The Labute approximate surface area is 196 Å². The molecule has 2 heterocycles. The van der Waals surface area contributed by atoms with Gasteiger partial charge < -0.3 is 19.8 Å². The Hall–Kier alpha value is -3.47. The first kappa shape index (κ1) is 24.2. The first-order chi connectivity index (χ1) is 16.0. The number of nitrogens with zero attached hydrogens (tertiary/aromatic N) is 3. The number of anilines is 1. The summed E-state index contributed by atoms with van der Waals surface area (Å²) in [6, 6.07) is 9.53. The van der Waals surface area contributed by atoms with Crippen LogP contribution < -0.4 is 15.4 Å². The van der Waals surface area contributed by atoms with E-state index in [1.54, 1.807) is 22.9 Å². The average molecular weight is 466 g/mol. The highest BCUT2D eigenvalue weighted by Gasteiger charge is 2.19. The Morgan fingerprint density at radius 2 is 2.12 bits per heavy atom. The largest absolute Gasteiger partial charge is 0.490 e. The van der Waals surface area contributed by atoms with Crippen LogP contribution in [0.25, 0.3) is 11.3 Å². The van der Waals surface area contributed by atoms with Gasteiger partial charge >= 0.3 is 0 Å². The van der Waals surface area contributed by atoms with Gasteiger partial charge in [0.2, 0.25) is 13.3 Å². The average Bonchev–Trinajstić information content (AvgIpc) is 3.45. The van der Waals surface area contributed by atoms with Crippen LogP contribution in [-0.4, -0.2) is 48.4 Å². The molecule has 1 aliphatic carbocycles. The van der Waals surface area contributed by atoms with Gasteiger partial charge in [-0.2, -0.15) is 4.91 Å². The topological polar surface area (TPSA) is 115 Å². The van der Waals surface area contributed by atoms with E-state index in [1.807, 2.05) is 43.9 Å². The number of hydrogen-bond donors (Lipinski definition) is 2. The molecule has 4 rings (SSSR count). The molecule has 0 unspecified atom stereocenters. The van der Waals surface area contributed by atoms with Crippen LogP contribution in [0.5, 0.6) is 5.75 Å². The normalized spacial score (nSPS) is 12.5. The summed E-state index contributed by atoms with van der Waals surface area (Å²) in [6.07, 6.45) is 7.23. The number of aromatic nitrogens is 2. The standard InChI is InChI=1S/C21H22BN4O3S.CH3NO/c1-22-26-9-8-15(12-26)20(28)23-11-19(27)25-21-24-18(13-30-21)14-4-2-7-17(10-14)29-16-5-3-6-16;1-2-3/h2,4,7-10,12-13,16H,3,5-6,11H2,1H3,(H,23,28)(H,24,25,27);1H3. The van der Waals surface area contributed by atoms with E-state index in [2.05, 4.69) is 20.8 Å². The predicted octanol–water partition coefficient (Wildman–Crippen LogP) is 3.81. The van der Waals surface area contributed by atoms with Gasteiger partial charge in [0.15, 0.2) is 5.13 Å². The van der Waals surface area contributed by atoms with E-state index in [0.29, 0.717) is 16.8 Å². The fraction of sp³-hybridized carbons (Fsp3) is 0.318. The summed E-state index contributed by atoms with van der Waals surface area (Å²) in [5.74, 6) is 0.217. The maximum Gasteiger partial charge on any atom is 0.253 e. The van der Waals surface area contributed by atoms with Crippen molar-refractivity contribution in [1.82, 2.24) is 14.8 Å². The lowest BCUT2D eigenvalue weighted by molar-refractivity contribution is -0.115. The molecule has 1 fully saturated rings. The molecule has 171 valence electrons. The van der Waals surface area contributed by atoms with Gasteiger partial charge in [-0.05, 0) is 43.7 Å². The summed E-state index contributed by atoms with van der Waals surface area (Å²) < 4.78 is 7.72. The maximum absolute atomic E-state index is 12.2. The molecule has 2 N–H and O–H groups in total. The number of nitroso groups, excluding NO2 is 1. The number of thiazole rings is 1. The van der Waals surface area contributed by atoms with Gasteiger partial charge in [0, 0.05) is 17.1 Å².